The van der Waals surface area contributed by atoms with Gasteiger partial charge in [-0.25, -0.2) is 0 Å². The van der Waals surface area contributed by atoms with Crippen LogP contribution in [0.1, 0.15) is 22.5 Å². The molecule has 3 heterocycles. The number of likely N-dealkylation sites (tertiary alicyclic amines) is 1. The molecule has 0 atom stereocenters. The van der Waals surface area contributed by atoms with Crippen LogP contribution < -0.4 is 4.74 Å². The largest absolute Gasteiger partial charge is 0.504 e. The molecule has 2 aromatic rings. The topological polar surface area (TPSA) is 81.7 Å². The van der Waals surface area contributed by atoms with Gasteiger partial charge in [-0.15, -0.1) is 0 Å². The molecule has 1 aromatic carbocycles. The first-order valence-corrected chi connectivity index (χ1v) is 8.37. The van der Waals surface area contributed by atoms with Crippen LogP contribution in [0.5, 0.6) is 11.5 Å². The van der Waals surface area contributed by atoms with Gasteiger partial charge in [0.2, 0.25) is 0 Å². The number of nitrogens with one attached hydrogen (secondary N) is 1. The first kappa shape index (κ1) is 15.7. The zero-order valence-corrected chi connectivity index (χ0v) is 13.9. The number of carbonyl (C=O) groups excluding carboxylic acids is 1. The molecule has 0 unspecified atom stereocenters. The number of para-hydroxylation sites is 1. The fourth-order valence-corrected chi connectivity index (χ4v) is 3.19. The Hall–Kier alpha value is -2.80. The van der Waals surface area contributed by atoms with Crippen molar-refractivity contribution in [2.24, 2.45) is 0 Å². The Bertz CT molecular complexity index is 826. The molecule has 0 saturated carbocycles. The average molecular weight is 340 g/mol. The van der Waals surface area contributed by atoms with E-state index in [0.29, 0.717) is 34.8 Å². The minimum atomic E-state index is -0.170. The van der Waals surface area contributed by atoms with Gasteiger partial charge < -0.3 is 19.6 Å². The lowest BCUT2D eigenvalue weighted by Crippen LogP contribution is -2.42. The highest BCUT2D eigenvalue weighted by atomic mass is 16.5. The van der Waals surface area contributed by atoms with Crippen LogP contribution in [0.4, 0.5) is 0 Å². The zero-order chi connectivity index (χ0) is 17.4. The van der Waals surface area contributed by atoms with Crippen LogP contribution in [-0.4, -0.2) is 57.2 Å². The number of ether oxygens (including phenoxy) is 1. The molecule has 2 N–H and O–H groups in total. The maximum absolute atomic E-state index is 12.9. The summed E-state index contributed by atoms with van der Waals surface area (Å²) in [5.41, 5.74) is 2.45. The van der Waals surface area contributed by atoms with Gasteiger partial charge in [-0.2, -0.15) is 5.10 Å². The van der Waals surface area contributed by atoms with Crippen molar-refractivity contribution < 1.29 is 14.6 Å². The third kappa shape index (κ3) is 2.66. The number of nitrogens with zero attached hydrogens (tertiary/aromatic N) is 3. The Morgan fingerprint density at radius 3 is 3.04 bits per heavy atom. The molecule has 4 rings (SSSR count). The van der Waals surface area contributed by atoms with Crippen molar-refractivity contribution in [3.05, 3.63) is 42.2 Å². The summed E-state index contributed by atoms with van der Waals surface area (Å²) in [6.45, 7) is 7.56. The Balaban J connectivity index is 1.59. The Morgan fingerprint density at radius 2 is 2.32 bits per heavy atom. The number of hydrogen-bond donors (Lipinski definition) is 2. The fourth-order valence-electron chi connectivity index (χ4n) is 3.19. The van der Waals surface area contributed by atoms with E-state index < -0.39 is 0 Å². The molecule has 7 heteroatoms. The second-order valence-electron chi connectivity index (χ2n) is 6.24. The molecular weight excluding hydrogens is 320 g/mol. The van der Waals surface area contributed by atoms with Crippen LogP contribution in [0, 0.1) is 0 Å². The molecule has 7 nitrogen and oxygen atoms in total. The number of aromatic amines is 1. The summed E-state index contributed by atoms with van der Waals surface area (Å²) in [6, 6.07) is 5.11. The fraction of sp³-hybridized carbons (Fsp3) is 0.333. The van der Waals surface area contributed by atoms with Crippen LogP contribution in [-0.2, 0) is 6.61 Å². The molecule has 2 aliphatic rings. The molecular formula is C18H20N4O3. The first-order chi connectivity index (χ1) is 12.2. The van der Waals surface area contributed by atoms with E-state index >= 15 is 0 Å². The quantitative estimate of drug-likeness (QED) is 0.870. The molecule has 0 radical (unpaired) electrons. The van der Waals surface area contributed by atoms with Crippen molar-refractivity contribution in [1.29, 1.82) is 0 Å². The predicted molar refractivity (Wildman–Crippen MR) is 92.3 cm³/mol. The van der Waals surface area contributed by atoms with Gasteiger partial charge in [-0.1, -0.05) is 12.6 Å². The van der Waals surface area contributed by atoms with Gasteiger partial charge >= 0.3 is 0 Å². The van der Waals surface area contributed by atoms with Crippen LogP contribution in [0.3, 0.4) is 0 Å². The molecule has 130 valence electrons. The van der Waals surface area contributed by atoms with Crippen LogP contribution >= 0.6 is 0 Å². The number of benzene rings is 1. The lowest BCUT2D eigenvalue weighted by Gasteiger charge is -2.32. The number of aromatic nitrogens is 2. The number of amides is 1. The number of rotatable bonds is 5. The number of fused-ring (bicyclic) bond motifs is 3. The SMILES string of the molecule is C=CN(CCN1CCC1)C(=O)c1[nH]nc2c1COc1c(O)cccc1-2. The summed E-state index contributed by atoms with van der Waals surface area (Å²) in [6.07, 6.45) is 2.78. The molecule has 0 spiro atoms. The summed E-state index contributed by atoms with van der Waals surface area (Å²) in [7, 11) is 0. The minimum Gasteiger partial charge on any atom is -0.504 e. The summed E-state index contributed by atoms with van der Waals surface area (Å²) < 4.78 is 5.65. The van der Waals surface area contributed by atoms with E-state index in [2.05, 4.69) is 21.7 Å². The number of carbonyl (C=O) groups is 1. The van der Waals surface area contributed by atoms with Crippen LogP contribution in [0.2, 0.25) is 0 Å². The highest BCUT2D eigenvalue weighted by molar-refractivity contribution is 5.96. The molecule has 1 aromatic heterocycles. The molecule has 0 aliphatic carbocycles. The highest BCUT2D eigenvalue weighted by Gasteiger charge is 2.29. The monoisotopic (exact) mass is 340 g/mol. The molecule has 25 heavy (non-hydrogen) atoms. The lowest BCUT2D eigenvalue weighted by atomic mass is 10.0. The van der Waals surface area contributed by atoms with Crippen molar-refractivity contribution in [1.82, 2.24) is 20.0 Å². The summed E-state index contributed by atoms with van der Waals surface area (Å²) >= 11 is 0. The third-order valence-corrected chi connectivity index (χ3v) is 4.78. The van der Waals surface area contributed by atoms with Crippen molar-refractivity contribution in [3.63, 3.8) is 0 Å². The normalized spacial score (nSPS) is 15.5. The van der Waals surface area contributed by atoms with Crippen molar-refractivity contribution in [2.45, 2.75) is 13.0 Å². The van der Waals surface area contributed by atoms with E-state index in [4.69, 9.17) is 4.74 Å². The number of aromatic hydroxyl groups is 1. The zero-order valence-electron chi connectivity index (χ0n) is 13.9. The number of hydrogen-bond acceptors (Lipinski definition) is 5. The van der Waals surface area contributed by atoms with E-state index in [1.807, 2.05) is 6.07 Å². The van der Waals surface area contributed by atoms with Gasteiger partial charge in [-0.3, -0.25) is 9.89 Å². The van der Waals surface area contributed by atoms with Gasteiger partial charge in [0.15, 0.2) is 11.5 Å². The van der Waals surface area contributed by atoms with E-state index in [-0.39, 0.29) is 18.3 Å². The maximum Gasteiger partial charge on any atom is 0.276 e. The average Bonchev–Trinajstić information content (AvgIpc) is 3.01. The summed E-state index contributed by atoms with van der Waals surface area (Å²) in [5, 5.41) is 17.1. The van der Waals surface area contributed by atoms with Crippen molar-refractivity contribution in [3.8, 4) is 22.8 Å². The van der Waals surface area contributed by atoms with Gasteiger partial charge in [0.25, 0.3) is 5.91 Å². The molecule has 0 bridgehead atoms. The smallest absolute Gasteiger partial charge is 0.276 e. The standard InChI is InChI=1S/C18H20N4O3/c1-2-22(10-9-21-7-4-8-21)18(24)16-13-11-25-17-12(15(13)19-20-16)5-3-6-14(17)23/h2-3,5-6,23H,1,4,7-11H2,(H,19,20). The van der Waals surface area contributed by atoms with Crippen molar-refractivity contribution in [2.75, 3.05) is 26.2 Å². The lowest BCUT2D eigenvalue weighted by molar-refractivity contribution is 0.0782. The second kappa shape index (κ2) is 6.25. The molecule has 1 saturated heterocycles. The van der Waals surface area contributed by atoms with Gasteiger partial charge in [0.1, 0.15) is 18.0 Å². The van der Waals surface area contributed by atoms with Crippen LogP contribution in [0.25, 0.3) is 11.3 Å². The predicted octanol–water partition coefficient (Wildman–Crippen LogP) is 1.97. The molecule has 1 amide bonds. The minimum absolute atomic E-state index is 0.0706. The van der Waals surface area contributed by atoms with E-state index in [1.165, 1.54) is 6.42 Å². The van der Waals surface area contributed by atoms with Gasteiger partial charge in [0.05, 0.1) is 0 Å². The highest BCUT2D eigenvalue weighted by Crippen LogP contribution is 2.42. The van der Waals surface area contributed by atoms with E-state index in [9.17, 15) is 9.90 Å². The Labute approximate surface area is 145 Å². The Kier molecular flexibility index (Phi) is 3.93. The van der Waals surface area contributed by atoms with E-state index in [0.717, 1.165) is 19.6 Å². The van der Waals surface area contributed by atoms with E-state index in [1.54, 1.807) is 23.2 Å². The van der Waals surface area contributed by atoms with Crippen LogP contribution in [0.15, 0.2) is 31.0 Å². The van der Waals surface area contributed by atoms with Gasteiger partial charge in [-0.05, 0) is 37.8 Å². The summed E-state index contributed by atoms with van der Waals surface area (Å²) in [4.78, 5) is 16.8. The maximum atomic E-state index is 12.9. The first-order valence-electron chi connectivity index (χ1n) is 8.37. The van der Waals surface area contributed by atoms with Gasteiger partial charge in [0, 0.05) is 24.2 Å². The molecule has 2 aliphatic heterocycles. The number of phenols is 1. The third-order valence-electron chi connectivity index (χ3n) is 4.78. The summed E-state index contributed by atoms with van der Waals surface area (Å²) in [5.74, 6) is 0.302. The molecule has 1 fully saturated rings. The number of H-pyrrole nitrogens is 1. The van der Waals surface area contributed by atoms with Crippen molar-refractivity contribution >= 4 is 5.91 Å². The number of phenolic OH excluding ortho intramolecular Hbond substituents is 1. The Morgan fingerprint density at radius 1 is 1.48 bits per heavy atom. The second-order valence-corrected chi connectivity index (χ2v) is 6.24.